The van der Waals surface area contributed by atoms with Crippen LogP contribution in [-0.4, -0.2) is 16.7 Å². The summed E-state index contributed by atoms with van der Waals surface area (Å²) in [6.45, 7) is 0.235. The first-order chi connectivity index (χ1) is 11.5. The highest BCUT2D eigenvalue weighted by atomic mass is 19.1. The van der Waals surface area contributed by atoms with Crippen molar-refractivity contribution in [2.24, 2.45) is 5.41 Å². The Balaban J connectivity index is 1.58. The average Bonchev–Trinajstić information content (AvgIpc) is 3.22. The number of carbonyl (C=O) groups excluding carboxylic acids is 2. The van der Waals surface area contributed by atoms with Crippen molar-refractivity contribution in [3.8, 4) is 0 Å². The van der Waals surface area contributed by atoms with E-state index in [1.807, 2.05) is 30.3 Å². The van der Waals surface area contributed by atoms with Crippen LogP contribution in [0.4, 0.5) is 8.78 Å². The summed E-state index contributed by atoms with van der Waals surface area (Å²) < 4.78 is 27.1. The zero-order valence-electron chi connectivity index (χ0n) is 12.8. The molecule has 1 saturated carbocycles. The molecule has 1 heterocycles. The molecule has 4 rings (SSSR count). The lowest BCUT2D eigenvalue weighted by molar-refractivity contribution is -0.140. The Morgan fingerprint density at radius 2 is 1.83 bits per heavy atom. The number of nitrogens with zero attached hydrogens (tertiary/aromatic N) is 1. The van der Waals surface area contributed by atoms with Gasteiger partial charge in [-0.2, -0.15) is 0 Å². The number of hydrogen-bond acceptors (Lipinski definition) is 2. The summed E-state index contributed by atoms with van der Waals surface area (Å²) >= 11 is 0. The second-order valence-corrected chi connectivity index (χ2v) is 6.53. The van der Waals surface area contributed by atoms with Gasteiger partial charge in [0.15, 0.2) is 0 Å². The van der Waals surface area contributed by atoms with E-state index in [0.29, 0.717) is 12.0 Å². The summed E-state index contributed by atoms with van der Waals surface area (Å²) in [5.74, 6) is -2.13. The monoisotopic (exact) mass is 327 g/mol. The number of amides is 2. The van der Waals surface area contributed by atoms with E-state index in [1.165, 1.54) is 17.0 Å². The number of hydrogen-bond donors (Lipinski definition) is 0. The number of imide groups is 1. The van der Waals surface area contributed by atoms with Crippen LogP contribution in [0.25, 0.3) is 0 Å². The van der Waals surface area contributed by atoms with Gasteiger partial charge in [0.1, 0.15) is 11.6 Å². The maximum absolute atomic E-state index is 14.0. The molecule has 2 atom stereocenters. The molecule has 2 aliphatic rings. The Labute approximate surface area is 137 Å². The van der Waals surface area contributed by atoms with Gasteiger partial charge in [0.05, 0.1) is 12.0 Å². The lowest BCUT2D eigenvalue weighted by atomic mass is 9.97. The largest absolute Gasteiger partial charge is 0.278 e. The molecule has 5 heteroatoms. The standard InChI is InChI=1S/C19H15F2NO2/c20-13-6-7-14(16(21)8-13)15-9-19(15)10-17(23)22(18(19)24)11-12-4-2-1-3-5-12/h1-8,15H,9-11H2. The summed E-state index contributed by atoms with van der Waals surface area (Å²) in [5, 5.41) is 0. The summed E-state index contributed by atoms with van der Waals surface area (Å²) in [7, 11) is 0. The Bertz CT molecular complexity index is 837. The Morgan fingerprint density at radius 1 is 1.08 bits per heavy atom. The number of likely N-dealkylation sites (tertiary alicyclic amines) is 1. The molecule has 1 saturated heterocycles. The zero-order chi connectivity index (χ0) is 16.9. The number of rotatable bonds is 3. The zero-order valence-corrected chi connectivity index (χ0v) is 12.8. The predicted molar refractivity (Wildman–Crippen MR) is 82.8 cm³/mol. The minimum Gasteiger partial charge on any atom is -0.278 e. The Hall–Kier alpha value is -2.56. The third-order valence-electron chi connectivity index (χ3n) is 5.04. The van der Waals surface area contributed by atoms with Crippen LogP contribution in [0, 0.1) is 17.0 Å². The van der Waals surface area contributed by atoms with Gasteiger partial charge >= 0.3 is 0 Å². The van der Waals surface area contributed by atoms with Crippen molar-refractivity contribution in [1.29, 1.82) is 0 Å². The van der Waals surface area contributed by atoms with Crippen molar-refractivity contribution in [3.63, 3.8) is 0 Å². The second-order valence-electron chi connectivity index (χ2n) is 6.53. The van der Waals surface area contributed by atoms with Crippen molar-refractivity contribution >= 4 is 11.8 Å². The molecular weight excluding hydrogens is 312 g/mol. The molecule has 2 unspecified atom stereocenters. The third kappa shape index (κ3) is 2.23. The van der Waals surface area contributed by atoms with E-state index < -0.39 is 17.0 Å². The molecule has 2 fully saturated rings. The molecule has 24 heavy (non-hydrogen) atoms. The van der Waals surface area contributed by atoms with E-state index in [2.05, 4.69) is 0 Å². The van der Waals surface area contributed by atoms with Crippen molar-refractivity contribution in [1.82, 2.24) is 4.90 Å². The maximum Gasteiger partial charge on any atom is 0.236 e. The van der Waals surface area contributed by atoms with Crippen molar-refractivity contribution in [2.45, 2.75) is 25.3 Å². The molecule has 2 aromatic rings. The first-order valence-electron chi connectivity index (χ1n) is 7.85. The van der Waals surface area contributed by atoms with Gasteiger partial charge in [-0.1, -0.05) is 36.4 Å². The van der Waals surface area contributed by atoms with Crippen LogP contribution in [0.3, 0.4) is 0 Å². The van der Waals surface area contributed by atoms with Gasteiger partial charge in [-0.25, -0.2) is 8.78 Å². The molecule has 1 aliphatic heterocycles. The molecule has 122 valence electrons. The van der Waals surface area contributed by atoms with Crippen molar-refractivity contribution in [3.05, 3.63) is 71.3 Å². The van der Waals surface area contributed by atoms with Crippen LogP contribution in [0.1, 0.15) is 29.9 Å². The number of benzene rings is 2. The van der Waals surface area contributed by atoms with Gasteiger partial charge < -0.3 is 0 Å². The normalized spacial score (nSPS) is 25.6. The number of halogens is 2. The quantitative estimate of drug-likeness (QED) is 0.810. The first-order valence-corrected chi connectivity index (χ1v) is 7.85. The highest BCUT2D eigenvalue weighted by molar-refractivity contribution is 6.08. The van der Waals surface area contributed by atoms with E-state index >= 15 is 0 Å². The minimum absolute atomic E-state index is 0.0974. The molecular formula is C19H15F2NO2. The van der Waals surface area contributed by atoms with Gasteiger partial charge in [0.2, 0.25) is 11.8 Å². The molecule has 0 radical (unpaired) electrons. The average molecular weight is 327 g/mol. The molecule has 3 nitrogen and oxygen atoms in total. The highest BCUT2D eigenvalue weighted by Crippen LogP contribution is 2.65. The van der Waals surface area contributed by atoms with Gasteiger partial charge in [0, 0.05) is 18.4 Å². The smallest absolute Gasteiger partial charge is 0.236 e. The number of carbonyl (C=O) groups is 2. The van der Waals surface area contributed by atoms with Gasteiger partial charge in [-0.15, -0.1) is 0 Å². The third-order valence-corrected chi connectivity index (χ3v) is 5.04. The fourth-order valence-corrected chi connectivity index (χ4v) is 3.68. The van der Waals surface area contributed by atoms with Crippen LogP contribution in [-0.2, 0) is 16.1 Å². The maximum atomic E-state index is 14.0. The molecule has 1 aliphatic carbocycles. The summed E-state index contributed by atoms with van der Waals surface area (Å²) in [6, 6.07) is 12.7. The second kappa shape index (κ2) is 5.23. The first kappa shape index (κ1) is 15.0. The Kier molecular flexibility index (Phi) is 3.27. The van der Waals surface area contributed by atoms with Crippen molar-refractivity contribution < 1.29 is 18.4 Å². The van der Waals surface area contributed by atoms with E-state index in [9.17, 15) is 18.4 Å². The molecule has 2 amide bonds. The van der Waals surface area contributed by atoms with E-state index in [1.54, 1.807) is 0 Å². The highest BCUT2D eigenvalue weighted by Gasteiger charge is 2.67. The lowest BCUT2D eigenvalue weighted by Gasteiger charge is -2.15. The Morgan fingerprint density at radius 3 is 2.54 bits per heavy atom. The van der Waals surface area contributed by atoms with E-state index in [4.69, 9.17) is 0 Å². The van der Waals surface area contributed by atoms with Gasteiger partial charge in [0.25, 0.3) is 0 Å². The lowest BCUT2D eigenvalue weighted by Crippen LogP contribution is -2.30. The summed E-state index contributed by atoms with van der Waals surface area (Å²) in [4.78, 5) is 26.3. The predicted octanol–water partition coefficient (Wildman–Crippen LogP) is 3.40. The van der Waals surface area contributed by atoms with E-state index in [-0.39, 0.29) is 30.7 Å². The molecule has 2 aromatic carbocycles. The fraction of sp³-hybridized carbons (Fsp3) is 0.263. The van der Waals surface area contributed by atoms with Crippen LogP contribution in [0.15, 0.2) is 48.5 Å². The van der Waals surface area contributed by atoms with Crippen LogP contribution in [0.2, 0.25) is 0 Å². The van der Waals surface area contributed by atoms with Crippen molar-refractivity contribution in [2.75, 3.05) is 0 Å². The summed E-state index contributed by atoms with van der Waals surface area (Å²) in [5.41, 5.74) is 0.352. The molecule has 0 aromatic heterocycles. The molecule has 0 bridgehead atoms. The van der Waals surface area contributed by atoms with Crippen LogP contribution >= 0.6 is 0 Å². The van der Waals surface area contributed by atoms with Crippen LogP contribution < -0.4 is 0 Å². The topological polar surface area (TPSA) is 37.4 Å². The SMILES string of the molecule is O=C1CC2(CC2c2ccc(F)cc2F)C(=O)N1Cc1ccccc1. The van der Waals surface area contributed by atoms with Gasteiger partial charge in [-0.3, -0.25) is 14.5 Å². The molecule has 1 spiro atoms. The van der Waals surface area contributed by atoms with Crippen LogP contribution in [0.5, 0.6) is 0 Å². The summed E-state index contributed by atoms with van der Waals surface area (Å²) in [6.07, 6.45) is 0.533. The molecule has 0 N–H and O–H groups in total. The minimum atomic E-state index is -0.843. The van der Waals surface area contributed by atoms with Gasteiger partial charge in [-0.05, 0) is 23.6 Å². The van der Waals surface area contributed by atoms with E-state index in [0.717, 1.165) is 11.6 Å². The fourth-order valence-electron chi connectivity index (χ4n) is 3.68.